The molecule has 0 atom stereocenters. The summed E-state index contributed by atoms with van der Waals surface area (Å²) in [7, 11) is 1.27. The van der Waals surface area contributed by atoms with Crippen molar-refractivity contribution in [2.75, 3.05) is 7.11 Å². The van der Waals surface area contributed by atoms with Crippen LogP contribution in [0.25, 0.3) is 11.3 Å². The highest BCUT2D eigenvalue weighted by Crippen LogP contribution is 2.25. The summed E-state index contributed by atoms with van der Waals surface area (Å²) < 4.78 is 17.7. The number of esters is 1. The molecule has 3 nitrogen and oxygen atoms in total. The average Bonchev–Trinajstić information content (AvgIpc) is 2.50. The molecule has 0 aliphatic heterocycles. The van der Waals surface area contributed by atoms with E-state index in [1.54, 1.807) is 0 Å². The largest absolute Gasteiger partial charge is 0.465 e. The Morgan fingerprint density at radius 2 is 1.86 bits per heavy atom. The first kappa shape index (κ1) is 17.4. The number of methoxy groups -OCH3 is 1. The van der Waals surface area contributed by atoms with E-state index in [1.165, 1.54) is 37.4 Å². The maximum absolute atomic E-state index is 13.1. The lowest BCUT2D eigenvalue weighted by atomic mass is 10.1. The smallest absolute Gasteiger partial charge is 0.338 e. The average molecular weight is 330 g/mol. The molecule has 2 aromatic rings. The number of rotatable bonds is 2. The van der Waals surface area contributed by atoms with Crippen LogP contribution in [0.4, 0.5) is 4.39 Å². The summed E-state index contributed by atoms with van der Waals surface area (Å²) in [4.78, 5) is 15.5. The summed E-state index contributed by atoms with van der Waals surface area (Å²) >= 11 is 11.6. The zero-order valence-corrected chi connectivity index (χ0v) is 13.3. The lowest BCUT2D eigenvalue weighted by Gasteiger charge is -2.06. The quantitative estimate of drug-likeness (QED) is 0.574. The molecule has 0 spiro atoms. The molecule has 2 rings (SSSR count). The topological polar surface area (TPSA) is 39.2 Å². The molecule has 112 valence electrons. The molecule has 0 aliphatic rings. The van der Waals surface area contributed by atoms with Crippen LogP contribution < -0.4 is 0 Å². The van der Waals surface area contributed by atoms with E-state index in [2.05, 4.69) is 9.72 Å². The molecule has 0 N–H and O–H groups in total. The molecule has 6 heteroatoms. The van der Waals surface area contributed by atoms with E-state index in [1.807, 2.05) is 13.8 Å². The third-order valence-corrected chi connectivity index (χ3v) is 2.91. The van der Waals surface area contributed by atoms with Crippen molar-refractivity contribution in [1.29, 1.82) is 0 Å². The maximum atomic E-state index is 13.1. The molecule has 1 heterocycles. The first-order chi connectivity index (χ1) is 10.0. The van der Waals surface area contributed by atoms with Gasteiger partial charge in [0.2, 0.25) is 0 Å². The summed E-state index contributed by atoms with van der Waals surface area (Å²) in [5.41, 5.74) is 1.23. The Bertz CT molecular complexity index is 648. The number of pyridine rings is 1. The maximum Gasteiger partial charge on any atom is 0.338 e. The minimum atomic E-state index is -0.529. The van der Waals surface area contributed by atoms with Crippen molar-refractivity contribution >= 4 is 29.2 Å². The van der Waals surface area contributed by atoms with Gasteiger partial charge in [0, 0.05) is 5.56 Å². The third kappa shape index (κ3) is 4.41. The minimum Gasteiger partial charge on any atom is -0.465 e. The molecule has 0 unspecified atom stereocenters. The summed E-state index contributed by atoms with van der Waals surface area (Å²) in [5.74, 6) is -1.06. The van der Waals surface area contributed by atoms with Crippen LogP contribution in [0.5, 0.6) is 0 Å². The molecule has 0 saturated carbocycles. The van der Waals surface area contributed by atoms with E-state index in [0.29, 0.717) is 11.3 Å². The van der Waals surface area contributed by atoms with E-state index >= 15 is 0 Å². The van der Waals surface area contributed by atoms with Crippen LogP contribution in [0.2, 0.25) is 10.2 Å². The normalized spacial score (nSPS) is 9.62. The van der Waals surface area contributed by atoms with Crippen molar-refractivity contribution < 1.29 is 13.9 Å². The zero-order valence-electron chi connectivity index (χ0n) is 11.8. The lowest BCUT2D eigenvalue weighted by Crippen LogP contribution is -2.02. The van der Waals surface area contributed by atoms with Gasteiger partial charge in [-0.05, 0) is 30.3 Å². The van der Waals surface area contributed by atoms with E-state index in [-0.39, 0.29) is 15.7 Å². The fourth-order valence-corrected chi connectivity index (χ4v) is 1.93. The van der Waals surface area contributed by atoms with Gasteiger partial charge in [0.25, 0.3) is 0 Å². The number of carbonyl (C=O) groups is 1. The van der Waals surface area contributed by atoms with Crippen molar-refractivity contribution in [3.63, 3.8) is 0 Å². The van der Waals surface area contributed by atoms with Crippen molar-refractivity contribution in [2.45, 2.75) is 13.8 Å². The highest BCUT2D eigenvalue weighted by Gasteiger charge is 2.11. The van der Waals surface area contributed by atoms with Crippen LogP contribution in [0.1, 0.15) is 24.2 Å². The Labute approximate surface area is 132 Å². The van der Waals surface area contributed by atoms with Gasteiger partial charge in [0.1, 0.15) is 11.0 Å². The summed E-state index contributed by atoms with van der Waals surface area (Å²) in [5, 5.41) is 0.109. The Kier molecular flexibility index (Phi) is 6.59. The van der Waals surface area contributed by atoms with Crippen LogP contribution in [-0.4, -0.2) is 18.1 Å². The predicted octanol–water partition coefficient (Wildman–Crippen LogP) is 5.01. The van der Waals surface area contributed by atoms with Crippen molar-refractivity contribution in [3.8, 4) is 11.3 Å². The SMILES string of the molecule is CC.COC(=O)c1cc(Cl)nc(-c2ccc(F)c(Cl)c2)c1. The van der Waals surface area contributed by atoms with Gasteiger partial charge >= 0.3 is 5.97 Å². The number of hydrogen-bond acceptors (Lipinski definition) is 3. The number of halogens is 3. The van der Waals surface area contributed by atoms with Gasteiger partial charge in [-0.3, -0.25) is 0 Å². The standard InChI is InChI=1S/C13H8Cl2FNO2.C2H6/c1-19-13(18)8-5-11(17-12(15)6-8)7-2-3-10(16)9(14)4-7;1-2/h2-6H,1H3;1-2H3. The molecule has 21 heavy (non-hydrogen) atoms. The van der Waals surface area contributed by atoms with Gasteiger partial charge in [0.15, 0.2) is 0 Å². The predicted molar refractivity (Wildman–Crippen MR) is 82.3 cm³/mol. The van der Waals surface area contributed by atoms with Crippen molar-refractivity contribution in [2.24, 2.45) is 0 Å². The molecule has 1 aromatic carbocycles. The van der Waals surface area contributed by atoms with Crippen LogP contribution in [0, 0.1) is 5.82 Å². The van der Waals surface area contributed by atoms with Crippen LogP contribution in [-0.2, 0) is 4.74 Å². The number of aromatic nitrogens is 1. The molecular weight excluding hydrogens is 316 g/mol. The first-order valence-electron chi connectivity index (χ1n) is 6.22. The molecule has 0 fully saturated rings. The molecule has 0 aliphatic carbocycles. The minimum absolute atomic E-state index is 0.0288. The summed E-state index contributed by atoms with van der Waals surface area (Å²) in [6.07, 6.45) is 0. The fraction of sp³-hybridized carbons (Fsp3) is 0.200. The van der Waals surface area contributed by atoms with E-state index in [0.717, 1.165) is 0 Å². The Morgan fingerprint density at radius 1 is 1.19 bits per heavy atom. The van der Waals surface area contributed by atoms with Gasteiger partial charge in [-0.2, -0.15) is 0 Å². The Hall–Kier alpha value is -1.65. The van der Waals surface area contributed by atoms with E-state index in [4.69, 9.17) is 23.2 Å². The zero-order chi connectivity index (χ0) is 16.0. The lowest BCUT2D eigenvalue weighted by molar-refractivity contribution is 0.0600. The molecule has 0 bridgehead atoms. The van der Waals surface area contributed by atoms with Gasteiger partial charge < -0.3 is 4.74 Å². The second-order valence-corrected chi connectivity index (χ2v) is 4.48. The fourth-order valence-electron chi connectivity index (χ4n) is 1.54. The second kappa shape index (κ2) is 7.96. The third-order valence-electron chi connectivity index (χ3n) is 2.43. The number of carbonyl (C=O) groups excluding carboxylic acids is 1. The first-order valence-corrected chi connectivity index (χ1v) is 6.98. The van der Waals surface area contributed by atoms with Crippen molar-refractivity contribution in [3.05, 3.63) is 51.9 Å². The number of benzene rings is 1. The highest BCUT2D eigenvalue weighted by molar-refractivity contribution is 6.31. The molecule has 0 amide bonds. The number of nitrogens with zero attached hydrogens (tertiary/aromatic N) is 1. The van der Waals surface area contributed by atoms with Crippen LogP contribution in [0.15, 0.2) is 30.3 Å². The monoisotopic (exact) mass is 329 g/mol. The molecule has 0 radical (unpaired) electrons. The Morgan fingerprint density at radius 3 is 2.43 bits per heavy atom. The van der Waals surface area contributed by atoms with E-state index < -0.39 is 11.8 Å². The Balaban J connectivity index is 0.00000106. The van der Waals surface area contributed by atoms with E-state index in [9.17, 15) is 9.18 Å². The second-order valence-electron chi connectivity index (χ2n) is 3.68. The molecule has 1 aromatic heterocycles. The van der Waals surface area contributed by atoms with Gasteiger partial charge in [-0.15, -0.1) is 0 Å². The van der Waals surface area contributed by atoms with Crippen LogP contribution >= 0.6 is 23.2 Å². The number of hydrogen-bond donors (Lipinski definition) is 0. The van der Waals surface area contributed by atoms with Crippen LogP contribution in [0.3, 0.4) is 0 Å². The molecule has 0 saturated heterocycles. The van der Waals surface area contributed by atoms with Gasteiger partial charge in [-0.1, -0.05) is 37.0 Å². The summed E-state index contributed by atoms with van der Waals surface area (Å²) in [6, 6.07) is 7.03. The van der Waals surface area contributed by atoms with Crippen molar-refractivity contribution in [1.82, 2.24) is 4.98 Å². The summed E-state index contributed by atoms with van der Waals surface area (Å²) in [6.45, 7) is 4.00. The van der Waals surface area contributed by atoms with Gasteiger partial charge in [-0.25, -0.2) is 14.2 Å². The number of ether oxygens (including phenoxy) is 1. The molecular formula is C15H14Cl2FNO2. The highest BCUT2D eigenvalue weighted by atomic mass is 35.5. The van der Waals surface area contributed by atoms with Gasteiger partial charge in [0.05, 0.1) is 23.4 Å².